The van der Waals surface area contributed by atoms with Crippen molar-refractivity contribution in [2.45, 2.75) is 31.8 Å². The Hall–Kier alpha value is -1.26. The third-order valence-electron chi connectivity index (χ3n) is 3.56. The summed E-state index contributed by atoms with van der Waals surface area (Å²) < 4.78 is 11.5. The number of aliphatic hydroxyl groups excluding tert-OH is 1. The molecule has 4 heteroatoms. The Morgan fingerprint density at radius 2 is 2.32 bits per heavy atom. The van der Waals surface area contributed by atoms with Crippen LogP contribution in [0.2, 0.25) is 0 Å². The van der Waals surface area contributed by atoms with E-state index < -0.39 is 0 Å². The Kier molecular flexibility index (Phi) is 5.05. The highest BCUT2D eigenvalue weighted by molar-refractivity contribution is 5.48. The number of piperidine rings is 1. The number of hydrogen-bond donors (Lipinski definition) is 2. The number of nitrogens with one attached hydrogen (secondary N) is 1. The minimum absolute atomic E-state index is 0.0444. The maximum absolute atomic E-state index is 9.31. The van der Waals surface area contributed by atoms with Crippen molar-refractivity contribution < 1.29 is 14.6 Å². The molecular weight excluding hydrogens is 242 g/mol. The summed E-state index contributed by atoms with van der Waals surface area (Å²) in [4.78, 5) is 0. The van der Waals surface area contributed by atoms with Crippen LogP contribution in [0.3, 0.4) is 0 Å². The molecule has 1 aromatic carbocycles. The van der Waals surface area contributed by atoms with Gasteiger partial charge < -0.3 is 19.9 Å². The molecule has 0 spiro atoms. The van der Waals surface area contributed by atoms with Crippen molar-refractivity contribution in [1.82, 2.24) is 5.32 Å². The summed E-state index contributed by atoms with van der Waals surface area (Å²) in [6, 6.07) is 5.86. The van der Waals surface area contributed by atoms with Gasteiger partial charge in [-0.25, -0.2) is 0 Å². The minimum atomic E-state index is 0.0444. The van der Waals surface area contributed by atoms with E-state index in [1.165, 1.54) is 0 Å². The lowest BCUT2D eigenvalue weighted by atomic mass is 10.0. The summed E-state index contributed by atoms with van der Waals surface area (Å²) in [5.41, 5.74) is 0.992. The maximum Gasteiger partial charge on any atom is 0.164 e. The van der Waals surface area contributed by atoms with Gasteiger partial charge in [0.05, 0.1) is 7.11 Å². The van der Waals surface area contributed by atoms with E-state index >= 15 is 0 Å². The molecule has 2 unspecified atom stereocenters. The van der Waals surface area contributed by atoms with Crippen LogP contribution in [0.1, 0.15) is 31.2 Å². The molecule has 0 bridgehead atoms. The van der Waals surface area contributed by atoms with Gasteiger partial charge in [-0.3, -0.25) is 0 Å². The lowest BCUT2D eigenvalue weighted by molar-refractivity contribution is 0.160. The van der Waals surface area contributed by atoms with Crippen LogP contribution in [0.15, 0.2) is 18.2 Å². The fraction of sp³-hybridized carbons (Fsp3) is 0.600. The molecule has 1 fully saturated rings. The summed E-state index contributed by atoms with van der Waals surface area (Å²) in [6.45, 7) is 4.02. The number of ether oxygens (including phenoxy) is 2. The van der Waals surface area contributed by atoms with Crippen molar-refractivity contribution in [3.05, 3.63) is 23.8 Å². The fourth-order valence-electron chi connectivity index (χ4n) is 2.43. The van der Waals surface area contributed by atoms with Gasteiger partial charge in [-0.1, -0.05) is 19.1 Å². The van der Waals surface area contributed by atoms with Crippen LogP contribution in [-0.2, 0) is 0 Å². The molecule has 1 aromatic rings. The summed E-state index contributed by atoms with van der Waals surface area (Å²) in [5, 5.41) is 12.6. The van der Waals surface area contributed by atoms with Crippen LogP contribution in [0.25, 0.3) is 0 Å². The van der Waals surface area contributed by atoms with Gasteiger partial charge >= 0.3 is 0 Å². The molecule has 4 nitrogen and oxygen atoms in total. The van der Waals surface area contributed by atoms with Gasteiger partial charge in [0.25, 0.3) is 0 Å². The fourth-order valence-corrected chi connectivity index (χ4v) is 2.43. The monoisotopic (exact) mass is 265 g/mol. The van der Waals surface area contributed by atoms with E-state index in [1.54, 1.807) is 7.11 Å². The van der Waals surface area contributed by atoms with Crippen LogP contribution in [-0.4, -0.2) is 38.0 Å². The normalized spacial score (nSPS) is 20.9. The minimum Gasteiger partial charge on any atom is -0.493 e. The first-order valence-corrected chi connectivity index (χ1v) is 6.91. The largest absolute Gasteiger partial charge is 0.493 e. The summed E-state index contributed by atoms with van der Waals surface area (Å²) in [7, 11) is 1.65. The predicted molar refractivity (Wildman–Crippen MR) is 75.0 cm³/mol. The zero-order valence-corrected chi connectivity index (χ0v) is 11.7. The second-order valence-corrected chi connectivity index (χ2v) is 5.05. The topological polar surface area (TPSA) is 50.7 Å². The predicted octanol–water partition coefficient (Wildman–Crippen LogP) is 1.92. The average Bonchev–Trinajstić information content (AvgIpc) is 2.47. The van der Waals surface area contributed by atoms with Crippen LogP contribution in [0.5, 0.6) is 11.5 Å². The molecule has 0 saturated carbocycles. The standard InChI is InChI=1S/C15H23NO3/c1-11(10-17)13-6-3-7-14(15(13)18-2)19-12-5-4-8-16-9-12/h3,6-7,11-12,16-17H,4-5,8-10H2,1-2H3. The lowest BCUT2D eigenvalue weighted by Crippen LogP contribution is -2.37. The molecule has 19 heavy (non-hydrogen) atoms. The summed E-state index contributed by atoms with van der Waals surface area (Å²) in [5.74, 6) is 1.56. The van der Waals surface area contributed by atoms with Gasteiger partial charge in [0.1, 0.15) is 6.10 Å². The molecule has 1 saturated heterocycles. The molecule has 0 aliphatic carbocycles. The SMILES string of the molecule is COc1c(OC2CCCNC2)cccc1C(C)CO. The van der Waals surface area contributed by atoms with Gasteiger partial charge in [0.15, 0.2) is 11.5 Å². The van der Waals surface area contributed by atoms with E-state index in [0.717, 1.165) is 43.0 Å². The van der Waals surface area contributed by atoms with Gasteiger partial charge in [-0.2, -0.15) is 0 Å². The zero-order valence-electron chi connectivity index (χ0n) is 11.7. The van der Waals surface area contributed by atoms with Gasteiger partial charge in [0.2, 0.25) is 0 Å². The van der Waals surface area contributed by atoms with Crippen molar-refractivity contribution in [2.75, 3.05) is 26.8 Å². The molecule has 0 aromatic heterocycles. The third-order valence-corrected chi connectivity index (χ3v) is 3.56. The van der Waals surface area contributed by atoms with E-state index in [-0.39, 0.29) is 18.6 Å². The number of methoxy groups -OCH3 is 1. The van der Waals surface area contributed by atoms with E-state index in [9.17, 15) is 5.11 Å². The Morgan fingerprint density at radius 3 is 2.95 bits per heavy atom. The van der Waals surface area contributed by atoms with Crippen LogP contribution in [0, 0.1) is 0 Å². The molecule has 1 heterocycles. The average molecular weight is 265 g/mol. The quantitative estimate of drug-likeness (QED) is 0.854. The molecule has 2 atom stereocenters. The molecular formula is C15H23NO3. The van der Waals surface area contributed by atoms with E-state index in [0.29, 0.717) is 0 Å². The van der Waals surface area contributed by atoms with Crippen molar-refractivity contribution in [2.24, 2.45) is 0 Å². The van der Waals surface area contributed by atoms with Gasteiger partial charge in [-0.05, 0) is 25.5 Å². The highest BCUT2D eigenvalue weighted by Crippen LogP contribution is 2.36. The summed E-state index contributed by atoms with van der Waals surface area (Å²) in [6.07, 6.45) is 2.40. The van der Waals surface area contributed by atoms with Gasteiger partial charge in [0, 0.05) is 24.6 Å². The number of para-hydroxylation sites is 1. The molecule has 0 amide bonds. The first-order valence-electron chi connectivity index (χ1n) is 6.91. The second-order valence-electron chi connectivity index (χ2n) is 5.05. The number of rotatable bonds is 5. The number of benzene rings is 1. The second kappa shape index (κ2) is 6.78. The number of aliphatic hydroxyl groups is 1. The Labute approximate surface area is 114 Å². The Morgan fingerprint density at radius 1 is 1.47 bits per heavy atom. The van der Waals surface area contributed by atoms with Crippen molar-refractivity contribution in [1.29, 1.82) is 0 Å². The van der Waals surface area contributed by atoms with E-state index in [2.05, 4.69) is 5.32 Å². The van der Waals surface area contributed by atoms with Crippen molar-refractivity contribution >= 4 is 0 Å². The first kappa shape index (κ1) is 14.2. The maximum atomic E-state index is 9.31. The molecule has 0 radical (unpaired) electrons. The Balaban J connectivity index is 2.19. The molecule has 106 valence electrons. The number of hydrogen-bond acceptors (Lipinski definition) is 4. The third kappa shape index (κ3) is 3.39. The highest BCUT2D eigenvalue weighted by Gasteiger charge is 2.19. The zero-order chi connectivity index (χ0) is 13.7. The van der Waals surface area contributed by atoms with E-state index in [4.69, 9.17) is 9.47 Å². The van der Waals surface area contributed by atoms with Crippen LogP contribution in [0.4, 0.5) is 0 Å². The molecule has 2 rings (SSSR count). The lowest BCUT2D eigenvalue weighted by Gasteiger charge is -2.26. The van der Waals surface area contributed by atoms with Crippen molar-refractivity contribution in [3.8, 4) is 11.5 Å². The smallest absolute Gasteiger partial charge is 0.164 e. The van der Waals surface area contributed by atoms with Gasteiger partial charge in [-0.15, -0.1) is 0 Å². The first-order chi connectivity index (χ1) is 9.26. The van der Waals surface area contributed by atoms with Crippen molar-refractivity contribution in [3.63, 3.8) is 0 Å². The van der Waals surface area contributed by atoms with E-state index in [1.807, 2.05) is 25.1 Å². The van der Waals surface area contributed by atoms with Crippen LogP contribution >= 0.6 is 0 Å². The molecule has 2 N–H and O–H groups in total. The van der Waals surface area contributed by atoms with Crippen LogP contribution < -0.4 is 14.8 Å². The highest BCUT2D eigenvalue weighted by atomic mass is 16.5. The Bertz CT molecular complexity index is 402. The summed E-state index contributed by atoms with van der Waals surface area (Å²) >= 11 is 0. The molecule has 1 aliphatic heterocycles. The molecule has 1 aliphatic rings.